The van der Waals surface area contributed by atoms with E-state index in [0.29, 0.717) is 42.1 Å². The quantitative estimate of drug-likeness (QED) is 0.287. The van der Waals surface area contributed by atoms with Crippen molar-refractivity contribution in [3.8, 4) is 11.3 Å². The molecule has 42 heavy (non-hydrogen) atoms. The summed E-state index contributed by atoms with van der Waals surface area (Å²) in [5, 5.41) is 3.92. The van der Waals surface area contributed by atoms with Crippen LogP contribution in [0.25, 0.3) is 27.1 Å². The van der Waals surface area contributed by atoms with Crippen molar-refractivity contribution in [3.05, 3.63) is 71.8 Å². The first-order valence-electron chi connectivity index (χ1n) is 13.8. The Balaban J connectivity index is 1.53. The first-order chi connectivity index (χ1) is 20.0. The van der Waals surface area contributed by atoms with Crippen LogP contribution in [-0.4, -0.2) is 63.1 Å². The summed E-state index contributed by atoms with van der Waals surface area (Å²) in [7, 11) is -4.01. The second-order valence-electron chi connectivity index (χ2n) is 11.1. The summed E-state index contributed by atoms with van der Waals surface area (Å²) >= 11 is 0. The molecule has 1 saturated heterocycles. The van der Waals surface area contributed by atoms with E-state index in [0.717, 1.165) is 22.4 Å². The molecule has 3 aromatic heterocycles. The van der Waals surface area contributed by atoms with Gasteiger partial charge in [0.15, 0.2) is 0 Å². The van der Waals surface area contributed by atoms with Gasteiger partial charge in [0.2, 0.25) is 11.6 Å². The molecular formula is C30H33N7O4S. The molecule has 1 aromatic carbocycles. The molecule has 12 heteroatoms. The van der Waals surface area contributed by atoms with E-state index in [-0.39, 0.29) is 28.5 Å². The Kier molecular flexibility index (Phi) is 7.88. The molecule has 1 fully saturated rings. The zero-order valence-corrected chi connectivity index (χ0v) is 24.9. The van der Waals surface area contributed by atoms with E-state index < -0.39 is 15.6 Å². The van der Waals surface area contributed by atoms with E-state index in [4.69, 9.17) is 16.3 Å². The van der Waals surface area contributed by atoms with Crippen LogP contribution in [0, 0.1) is 6.57 Å². The largest absolute Gasteiger partial charge is 0.444 e. The summed E-state index contributed by atoms with van der Waals surface area (Å²) in [5.74, 6) is 0.458. The summed E-state index contributed by atoms with van der Waals surface area (Å²) in [6.07, 6.45) is 5.13. The third kappa shape index (κ3) is 5.92. The fraction of sp³-hybridized carbons (Fsp3) is 0.367. The Morgan fingerprint density at radius 2 is 1.93 bits per heavy atom. The van der Waals surface area contributed by atoms with Gasteiger partial charge >= 0.3 is 6.09 Å². The van der Waals surface area contributed by atoms with Crippen molar-refractivity contribution in [2.75, 3.05) is 18.4 Å². The third-order valence-electron chi connectivity index (χ3n) is 6.93. The predicted octanol–water partition coefficient (Wildman–Crippen LogP) is 5.65. The van der Waals surface area contributed by atoms with Gasteiger partial charge in [-0.2, -0.15) is 0 Å². The lowest BCUT2D eigenvalue weighted by atomic mass is 10.1. The van der Waals surface area contributed by atoms with Crippen molar-refractivity contribution in [1.82, 2.24) is 23.8 Å². The number of pyridine rings is 1. The number of aromatic nitrogens is 4. The van der Waals surface area contributed by atoms with Gasteiger partial charge in [-0.15, -0.1) is 4.98 Å². The van der Waals surface area contributed by atoms with Crippen LogP contribution in [0.15, 0.2) is 59.8 Å². The average Bonchev–Trinajstić information content (AvgIpc) is 3.36. The number of carbonyl (C=O) groups is 1. The van der Waals surface area contributed by atoms with E-state index in [2.05, 4.69) is 20.1 Å². The highest BCUT2D eigenvalue weighted by Crippen LogP contribution is 2.35. The lowest BCUT2D eigenvalue weighted by Crippen LogP contribution is -2.47. The first-order valence-corrected chi connectivity index (χ1v) is 15.2. The number of rotatable bonds is 6. The van der Waals surface area contributed by atoms with Crippen LogP contribution in [0.3, 0.4) is 0 Å². The second kappa shape index (κ2) is 11.4. The molecule has 0 unspecified atom stereocenters. The number of nitrogens with zero attached hydrogens (tertiary/aromatic N) is 6. The highest BCUT2D eigenvalue weighted by atomic mass is 32.2. The van der Waals surface area contributed by atoms with Gasteiger partial charge in [0, 0.05) is 37.1 Å². The number of aryl methyl sites for hydroxylation is 1. The van der Waals surface area contributed by atoms with E-state index in [1.54, 1.807) is 41.4 Å². The van der Waals surface area contributed by atoms with Gasteiger partial charge in [-0.05, 0) is 63.8 Å². The monoisotopic (exact) mass is 587 g/mol. The maximum absolute atomic E-state index is 13.7. The van der Waals surface area contributed by atoms with Gasteiger partial charge in [-0.3, -0.25) is 0 Å². The topological polar surface area (TPSA) is 124 Å². The summed E-state index contributed by atoms with van der Waals surface area (Å²) in [6, 6.07) is 11.3. The van der Waals surface area contributed by atoms with Crippen molar-refractivity contribution in [2.45, 2.75) is 63.5 Å². The van der Waals surface area contributed by atoms with Crippen LogP contribution < -0.4 is 5.32 Å². The fourth-order valence-electron chi connectivity index (χ4n) is 4.94. The minimum atomic E-state index is -4.01. The smallest absolute Gasteiger partial charge is 0.410 e. The summed E-state index contributed by atoms with van der Waals surface area (Å²) < 4.78 is 34.1. The number of fused-ring (bicyclic) bond motifs is 1. The molecular weight excluding hydrogens is 554 g/mol. The Morgan fingerprint density at radius 3 is 2.62 bits per heavy atom. The molecule has 1 aliphatic heterocycles. The Morgan fingerprint density at radius 1 is 1.17 bits per heavy atom. The van der Waals surface area contributed by atoms with E-state index in [1.165, 1.54) is 18.3 Å². The lowest BCUT2D eigenvalue weighted by Gasteiger charge is -2.34. The Labute approximate surface area is 245 Å². The normalized spacial score (nSPS) is 15.8. The SMILES string of the molecule is [C-]#[N+]c1ccc2c(-c3nc(N[C@H]4CCCN(C(=O)OC(C)(C)C)C4)ncc3CC)cn(S(=O)(=O)c3ccccc3)c2n1. The molecule has 0 saturated carbocycles. The molecule has 218 valence electrons. The number of amides is 1. The molecule has 0 radical (unpaired) electrons. The van der Waals surface area contributed by atoms with Crippen LogP contribution in [0.5, 0.6) is 0 Å². The van der Waals surface area contributed by atoms with Crippen LogP contribution in [0.4, 0.5) is 16.6 Å². The van der Waals surface area contributed by atoms with Crippen LogP contribution in [-0.2, 0) is 21.2 Å². The molecule has 0 spiro atoms. The lowest BCUT2D eigenvalue weighted by molar-refractivity contribution is 0.0206. The van der Waals surface area contributed by atoms with Crippen LogP contribution in [0.2, 0.25) is 0 Å². The van der Waals surface area contributed by atoms with Gasteiger partial charge in [-0.1, -0.05) is 37.8 Å². The highest BCUT2D eigenvalue weighted by Gasteiger charge is 2.29. The average molecular weight is 588 g/mol. The van der Waals surface area contributed by atoms with Crippen molar-refractivity contribution in [2.24, 2.45) is 0 Å². The molecule has 1 N–H and O–H groups in total. The van der Waals surface area contributed by atoms with Gasteiger partial charge in [0.25, 0.3) is 15.8 Å². The Hall–Kier alpha value is -4.50. The summed E-state index contributed by atoms with van der Waals surface area (Å²) in [6.45, 7) is 16.0. The van der Waals surface area contributed by atoms with Gasteiger partial charge in [0.1, 0.15) is 5.60 Å². The number of piperidine rings is 1. The van der Waals surface area contributed by atoms with Gasteiger partial charge in [-0.25, -0.2) is 27.2 Å². The number of likely N-dealkylation sites (tertiary alicyclic amines) is 1. The standard InChI is InChI=1S/C30H33N7O4S/c1-6-20-17-32-28(33-21-11-10-16-36(18-21)29(38)41-30(2,3)4)35-26(20)24-19-37(27-23(24)14-15-25(31-5)34-27)42(39,40)22-12-8-7-9-13-22/h7-9,12-15,17,19,21H,6,10-11,16,18H2,1-4H3,(H,32,33,35)/t21-/m0/s1. The third-order valence-corrected chi connectivity index (χ3v) is 8.59. The zero-order valence-electron chi connectivity index (χ0n) is 24.0. The van der Waals surface area contributed by atoms with Gasteiger partial charge < -0.3 is 19.8 Å². The molecule has 4 heterocycles. The number of hydrogen-bond donors (Lipinski definition) is 1. The number of nitrogens with one attached hydrogen (secondary N) is 1. The predicted molar refractivity (Wildman–Crippen MR) is 160 cm³/mol. The number of ether oxygens (including phenoxy) is 1. The van der Waals surface area contributed by atoms with Gasteiger partial charge in [0.05, 0.1) is 16.0 Å². The molecule has 5 rings (SSSR count). The highest BCUT2D eigenvalue weighted by molar-refractivity contribution is 7.90. The molecule has 4 aromatic rings. The van der Waals surface area contributed by atoms with Crippen molar-refractivity contribution in [3.63, 3.8) is 0 Å². The number of carbonyl (C=O) groups excluding carboxylic acids is 1. The maximum Gasteiger partial charge on any atom is 0.410 e. The first kappa shape index (κ1) is 29.0. The minimum absolute atomic E-state index is 0.0873. The minimum Gasteiger partial charge on any atom is -0.444 e. The molecule has 0 bridgehead atoms. The van der Waals surface area contributed by atoms with Crippen molar-refractivity contribution in [1.29, 1.82) is 0 Å². The van der Waals surface area contributed by atoms with Crippen molar-refractivity contribution < 1.29 is 17.9 Å². The van der Waals surface area contributed by atoms with E-state index in [1.807, 2.05) is 27.7 Å². The number of anilines is 1. The van der Waals surface area contributed by atoms with Crippen LogP contribution in [0.1, 0.15) is 46.1 Å². The van der Waals surface area contributed by atoms with E-state index >= 15 is 0 Å². The zero-order chi connectivity index (χ0) is 30.1. The molecule has 0 aliphatic carbocycles. The number of benzene rings is 1. The summed E-state index contributed by atoms with van der Waals surface area (Å²) in [5.41, 5.74) is 1.53. The van der Waals surface area contributed by atoms with Crippen molar-refractivity contribution >= 4 is 38.9 Å². The summed E-state index contributed by atoms with van der Waals surface area (Å²) in [4.78, 5) is 31.6. The fourth-order valence-corrected chi connectivity index (χ4v) is 6.28. The molecule has 1 aliphatic rings. The molecule has 1 amide bonds. The Bertz CT molecular complexity index is 1770. The molecule has 11 nitrogen and oxygen atoms in total. The van der Waals surface area contributed by atoms with E-state index in [9.17, 15) is 13.2 Å². The maximum atomic E-state index is 13.7. The van der Waals surface area contributed by atoms with Crippen LogP contribution >= 0.6 is 0 Å². The number of hydrogen-bond acceptors (Lipinski definition) is 8. The molecule has 1 atom stereocenters. The second-order valence-corrected chi connectivity index (χ2v) is 13.0.